The molecule has 0 aromatic heterocycles. The number of allylic oxidation sites excluding steroid dienone is 2. The summed E-state index contributed by atoms with van der Waals surface area (Å²) in [6.07, 6.45) is 7.26. The Morgan fingerprint density at radius 1 is 1.12 bits per heavy atom. The zero-order valence-electron chi connectivity index (χ0n) is 11.4. The SMILES string of the molecule is CC/C=C\CCCN(CCCN(C)C)C(=O)O. The van der Waals surface area contributed by atoms with Crippen molar-refractivity contribution in [1.82, 2.24) is 9.80 Å². The fourth-order valence-corrected chi connectivity index (χ4v) is 1.57. The lowest BCUT2D eigenvalue weighted by Gasteiger charge is -2.19. The Labute approximate surface area is 105 Å². The summed E-state index contributed by atoms with van der Waals surface area (Å²) in [6.45, 7) is 4.29. The maximum absolute atomic E-state index is 11.0. The number of carboxylic acid groups (broad SMARTS) is 1. The van der Waals surface area contributed by atoms with Gasteiger partial charge in [0.1, 0.15) is 0 Å². The predicted octanol–water partition coefficient (Wildman–Crippen LogP) is 2.66. The minimum absolute atomic E-state index is 0.630. The van der Waals surface area contributed by atoms with Crippen molar-refractivity contribution < 1.29 is 9.90 Å². The lowest BCUT2D eigenvalue weighted by Crippen LogP contribution is -2.32. The highest BCUT2D eigenvalue weighted by Crippen LogP contribution is 2.00. The lowest BCUT2D eigenvalue weighted by molar-refractivity contribution is 0.142. The number of unbranched alkanes of at least 4 members (excludes halogenated alkanes) is 1. The molecule has 0 atom stereocenters. The molecule has 4 nitrogen and oxygen atoms in total. The fourth-order valence-electron chi connectivity index (χ4n) is 1.57. The molecule has 0 bridgehead atoms. The summed E-state index contributed by atoms with van der Waals surface area (Å²) in [5.74, 6) is 0. The van der Waals surface area contributed by atoms with Crippen molar-refractivity contribution in [2.75, 3.05) is 33.7 Å². The van der Waals surface area contributed by atoms with Gasteiger partial charge in [0, 0.05) is 13.1 Å². The van der Waals surface area contributed by atoms with Gasteiger partial charge in [-0.25, -0.2) is 4.79 Å². The summed E-state index contributed by atoms with van der Waals surface area (Å²) in [5, 5.41) is 9.04. The van der Waals surface area contributed by atoms with Crippen LogP contribution in [0, 0.1) is 0 Å². The Bertz CT molecular complexity index is 227. The fraction of sp³-hybridized carbons (Fsp3) is 0.769. The third-order valence-corrected chi connectivity index (χ3v) is 2.51. The summed E-state index contributed by atoms with van der Waals surface area (Å²) in [6, 6.07) is 0. The van der Waals surface area contributed by atoms with Crippen molar-refractivity contribution in [3.8, 4) is 0 Å². The maximum atomic E-state index is 11.0. The molecule has 0 rings (SSSR count). The Morgan fingerprint density at radius 2 is 1.76 bits per heavy atom. The topological polar surface area (TPSA) is 43.8 Å². The molecular weight excluding hydrogens is 216 g/mol. The molecule has 0 spiro atoms. The molecule has 0 aromatic carbocycles. The molecule has 0 radical (unpaired) electrons. The highest BCUT2D eigenvalue weighted by atomic mass is 16.4. The molecule has 1 amide bonds. The molecule has 0 unspecified atom stereocenters. The first kappa shape index (κ1) is 16.0. The average Bonchev–Trinajstić information content (AvgIpc) is 2.25. The van der Waals surface area contributed by atoms with Gasteiger partial charge in [-0.2, -0.15) is 0 Å². The van der Waals surface area contributed by atoms with Gasteiger partial charge in [-0.1, -0.05) is 19.1 Å². The molecule has 100 valence electrons. The summed E-state index contributed by atoms with van der Waals surface area (Å²) in [5.41, 5.74) is 0. The van der Waals surface area contributed by atoms with Crippen LogP contribution >= 0.6 is 0 Å². The van der Waals surface area contributed by atoms with Gasteiger partial charge in [-0.15, -0.1) is 0 Å². The van der Waals surface area contributed by atoms with E-state index in [2.05, 4.69) is 24.0 Å². The Hall–Kier alpha value is -1.03. The van der Waals surface area contributed by atoms with Crippen molar-refractivity contribution in [2.24, 2.45) is 0 Å². The standard InChI is InChI=1S/C13H26N2O2/c1-4-5-6-7-8-11-15(13(16)17)12-9-10-14(2)3/h5-6H,4,7-12H2,1-3H3,(H,16,17)/b6-5-. The van der Waals surface area contributed by atoms with Gasteiger partial charge in [0.25, 0.3) is 0 Å². The molecule has 0 fully saturated rings. The second kappa shape index (κ2) is 10.1. The van der Waals surface area contributed by atoms with E-state index in [9.17, 15) is 4.79 Å². The van der Waals surface area contributed by atoms with E-state index in [0.717, 1.165) is 32.2 Å². The van der Waals surface area contributed by atoms with Crippen molar-refractivity contribution >= 4 is 6.09 Å². The summed E-state index contributed by atoms with van der Waals surface area (Å²) < 4.78 is 0. The van der Waals surface area contributed by atoms with Gasteiger partial charge < -0.3 is 14.9 Å². The highest BCUT2D eigenvalue weighted by molar-refractivity contribution is 5.64. The van der Waals surface area contributed by atoms with E-state index < -0.39 is 6.09 Å². The second-order valence-electron chi connectivity index (χ2n) is 4.45. The third-order valence-electron chi connectivity index (χ3n) is 2.51. The minimum Gasteiger partial charge on any atom is -0.465 e. The van der Waals surface area contributed by atoms with Crippen LogP contribution in [0.3, 0.4) is 0 Å². The number of rotatable bonds is 9. The zero-order valence-corrected chi connectivity index (χ0v) is 11.4. The maximum Gasteiger partial charge on any atom is 0.407 e. The van der Waals surface area contributed by atoms with Gasteiger partial charge in [-0.3, -0.25) is 0 Å². The normalized spacial score (nSPS) is 11.3. The summed E-state index contributed by atoms with van der Waals surface area (Å²) in [7, 11) is 4.00. The van der Waals surface area contributed by atoms with Gasteiger partial charge >= 0.3 is 6.09 Å². The average molecular weight is 242 g/mol. The van der Waals surface area contributed by atoms with Crippen molar-refractivity contribution in [3.05, 3.63) is 12.2 Å². The third kappa shape index (κ3) is 9.87. The van der Waals surface area contributed by atoms with Crippen LogP contribution in [-0.2, 0) is 0 Å². The van der Waals surface area contributed by atoms with Crippen LogP contribution in [0.1, 0.15) is 32.6 Å². The van der Waals surface area contributed by atoms with E-state index in [0.29, 0.717) is 13.1 Å². The molecule has 0 saturated carbocycles. The summed E-state index contributed by atoms with van der Waals surface area (Å²) >= 11 is 0. The van der Waals surface area contributed by atoms with Crippen molar-refractivity contribution in [3.63, 3.8) is 0 Å². The largest absolute Gasteiger partial charge is 0.465 e. The van der Waals surface area contributed by atoms with Crippen LogP contribution in [0.2, 0.25) is 0 Å². The van der Waals surface area contributed by atoms with Crippen LogP contribution < -0.4 is 0 Å². The van der Waals surface area contributed by atoms with E-state index >= 15 is 0 Å². The second-order valence-corrected chi connectivity index (χ2v) is 4.45. The molecule has 0 aliphatic rings. The Balaban J connectivity index is 3.75. The first-order valence-electron chi connectivity index (χ1n) is 6.35. The Morgan fingerprint density at radius 3 is 2.29 bits per heavy atom. The molecule has 17 heavy (non-hydrogen) atoms. The number of hydrogen-bond donors (Lipinski definition) is 1. The highest BCUT2D eigenvalue weighted by Gasteiger charge is 2.09. The predicted molar refractivity (Wildman–Crippen MR) is 71.4 cm³/mol. The number of amides is 1. The molecule has 0 heterocycles. The molecule has 0 aliphatic carbocycles. The van der Waals surface area contributed by atoms with E-state index in [-0.39, 0.29) is 0 Å². The number of hydrogen-bond acceptors (Lipinski definition) is 2. The molecule has 0 aliphatic heterocycles. The van der Waals surface area contributed by atoms with E-state index in [1.54, 1.807) is 0 Å². The van der Waals surface area contributed by atoms with Gasteiger partial charge in [0.15, 0.2) is 0 Å². The molecule has 0 saturated heterocycles. The van der Waals surface area contributed by atoms with Gasteiger partial charge in [0.2, 0.25) is 0 Å². The molecule has 4 heteroatoms. The van der Waals surface area contributed by atoms with Crippen molar-refractivity contribution in [1.29, 1.82) is 0 Å². The number of carbonyl (C=O) groups is 1. The van der Waals surface area contributed by atoms with Gasteiger partial charge in [0.05, 0.1) is 0 Å². The first-order valence-corrected chi connectivity index (χ1v) is 6.35. The molecule has 0 aromatic rings. The Kier molecular flexibility index (Phi) is 9.53. The zero-order chi connectivity index (χ0) is 13.1. The van der Waals surface area contributed by atoms with Crippen LogP contribution in [-0.4, -0.2) is 54.7 Å². The van der Waals surface area contributed by atoms with Crippen LogP contribution in [0.25, 0.3) is 0 Å². The molecular formula is C13H26N2O2. The quantitative estimate of drug-likeness (QED) is 0.499. The van der Waals surface area contributed by atoms with Crippen LogP contribution in [0.4, 0.5) is 4.79 Å². The smallest absolute Gasteiger partial charge is 0.407 e. The van der Waals surface area contributed by atoms with E-state index in [1.807, 2.05) is 14.1 Å². The van der Waals surface area contributed by atoms with Crippen molar-refractivity contribution in [2.45, 2.75) is 32.6 Å². The first-order chi connectivity index (χ1) is 8.07. The summed E-state index contributed by atoms with van der Waals surface area (Å²) in [4.78, 5) is 14.6. The van der Waals surface area contributed by atoms with Gasteiger partial charge in [-0.05, 0) is 46.3 Å². The minimum atomic E-state index is -0.803. The molecule has 1 N–H and O–H groups in total. The monoisotopic (exact) mass is 242 g/mol. The number of nitrogens with zero attached hydrogens (tertiary/aromatic N) is 2. The van der Waals surface area contributed by atoms with E-state index in [4.69, 9.17) is 5.11 Å². The van der Waals surface area contributed by atoms with Crippen LogP contribution in [0.15, 0.2) is 12.2 Å². The lowest BCUT2D eigenvalue weighted by atomic mass is 10.2. The van der Waals surface area contributed by atoms with Crippen LogP contribution in [0.5, 0.6) is 0 Å². The van der Waals surface area contributed by atoms with E-state index in [1.165, 1.54) is 4.90 Å².